The first-order valence-corrected chi connectivity index (χ1v) is 9.64. The molecule has 0 radical (unpaired) electrons. The Kier molecular flexibility index (Phi) is 6.29. The second kappa shape index (κ2) is 9.06. The Labute approximate surface area is 163 Å². The van der Waals surface area contributed by atoms with E-state index in [-0.39, 0.29) is 11.6 Å². The van der Waals surface area contributed by atoms with Crippen molar-refractivity contribution in [2.75, 3.05) is 5.32 Å². The topological polar surface area (TPSA) is 98.0 Å². The molecule has 7 nitrogen and oxygen atoms in total. The number of non-ortho nitro benzene ring substituents is 1. The summed E-state index contributed by atoms with van der Waals surface area (Å²) in [6.45, 7) is 0. The van der Waals surface area contributed by atoms with Gasteiger partial charge in [0.05, 0.1) is 10.7 Å². The third-order valence-electron chi connectivity index (χ3n) is 3.33. The van der Waals surface area contributed by atoms with Crippen LogP contribution in [-0.4, -0.2) is 21.0 Å². The Morgan fingerprint density at radius 3 is 2.59 bits per heavy atom. The van der Waals surface area contributed by atoms with Gasteiger partial charge >= 0.3 is 0 Å². The lowest BCUT2D eigenvalue weighted by Gasteiger charge is -1.97. The first kappa shape index (κ1) is 18.7. The van der Waals surface area contributed by atoms with E-state index in [0.29, 0.717) is 16.4 Å². The molecule has 1 N–H and O–H groups in total. The smallest absolute Gasteiger partial charge is 0.269 e. The molecular formula is C18H14N4O3S2. The summed E-state index contributed by atoms with van der Waals surface area (Å²) in [6, 6.07) is 15.9. The number of amides is 1. The number of nitro benzene ring substituents is 1. The summed E-state index contributed by atoms with van der Waals surface area (Å²) in [7, 11) is 0. The van der Waals surface area contributed by atoms with E-state index in [1.54, 1.807) is 30.0 Å². The Morgan fingerprint density at radius 1 is 1.15 bits per heavy atom. The van der Waals surface area contributed by atoms with E-state index in [2.05, 4.69) is 15.5 Å². The molecule has 3 rings (SSSR count). The molecule has 0 fully saturated rings. The fraction of sp³-hybridized carbons (Fsp3) is 0.0556. The van der Waals surface area contributed by atoms with E-state index in [4.69, 9.17) is 0 Å². The quantitative estimate of drug-likeness (QED) is 0.274. The van der Waals surface area contributed by atoms with Crippen LogP contribution < -0.4 is 5.32 Å². The van der Waals surface area contributed by atoms with Crippen molar-refractivity contribution in [1.29, 1.82) is 0 Å². The third-order valence-corrected chi connectivity index (χ3v) is 5.38. The normalized spacial score (nSPS) is 10.8. The van der Waals surface area contributed by atoms with Gasteiger partial charge in [-0.3, -0.25) is 20.2 Å². The summed E-state index contributed by atoms with van der Waals surface area (Å²) in [4.78, 5) is 23.3. The van der Waals surface area contributed by atoms with Crippen LogP contribution in [-0.2, 0) is 10.5 Å². The van der Waals surface area contributed by atoms with Crippen molar-refractivity contribution >= 4 is 45.9 Å². The van der Waals surface area contributed by atoms with Crippen LogP contribution in [0.15, 0.2) is 65.6 Å². The molecule has 3 aromatic rings. The first-order chi connectivity index (χ1) is 13.1. The molecule has 2 aromatic carbocycles. The second-order valence-electron chi connectivity index (χ2n) is 5.27. The van der Waals surface area contributed by atoms with Gasteiger partial charge in [0.25, 0.3) is 5.69 Å². The zero-order chi connectivity index (χ0) is 19.1. The number of nitro groups is 1. The number of carbonyl (C=O) groups is 1. The van der Waals surface area contributed by atoms with Gasteiger partial charge in [0.15, 0.2) is 0 Å². The molecule has 27 heavy (non-hydrogen) atoms. The molecule has 0 atom stereocenters. The standard InChI is InChI=1S/C18H14N4O3S2/c23-16(11-8-13-6-9-14(10-7-13)22(24)25)19-18-21-20-17(27-18)12-26-15-4-2-1-3-5-15/h1-11H,12H2,(H,19,21,23)/b11-8+. The van der Waals surface area contributed by atoms with Crippen LogP contribution in [0.1, 0.15) is 10.6 Å². The lowest BCUT2D eigenvalue weighted by atomic mass is 10.2. The summed E-state index contributed by atoms with van der Waals surface area (Å²) in [6.07, 6.45) is 2.92. The summed E-state index contributed by atoms with van der Waals surface area (Å²) >= 11 is 2.97. The maximum atomic E-state index is 12.0. The number of benzene rings is 2. The number of hydrogen-bond acceptors (Lipinski definition) is 7. The highest BCUT2D eigenvalue weighted by molar-refractivity contribution is 7.98. The van der Waals surface area contributed by atoms with E-state index in [0.717, 1.165) is 9.90 Å². The Balaban J connectivity index is 1.52. The SMILES string of the molecule is O=C(/C=C/c1ccc([N+](=O)[O-])cc1)Nc1nnc(CSc2ccccc2)s1. The molecule has 0 aliphatic rings. The van der Waals surface area contributed by atoms with E-state index < -0.39 is 4.92 Å². The maximum absolute atomic E-state index is 12.0. The second-order valence-corrected chi connectivity index (χ2v) is 7.38. The zero-order valence-corrected chi connectivity index (χ0v) is 15.6. The van der Waals surface area contributed by atoms with Crippen LogP contribution in [0.3, 0.4) is 0 Å². The fourth-order valence-corrected chi connectivity index (χ4v) is 3.70. The number of aromatic nitrogens is 2. The summed E-state index contributed by atoms with van der Waals surface area (Å²) in [5, 5.41) is 22.6. The number of rotatable bonds is 7. The van der Waals surface area contributed by atoms with Crippen molar-refractivity contribution in [2.24, 2.45) is 0 Å². The highest BCUT2D eigenvalue weighted by atomic mass is 32.2. The van der Waals surface area contributed by atoms with E-state index in [9.17, 15) is 14.9 Å². The van der Waals surface area contributed by atoms with Crippen molar-refractivity contribution < 1.29 is 9.72 Å². The predicted molar refractivity (Wildman–Crippen MR) is 107 cm³/mol. The largest absolute Gasteiger partial charge is 0.297 e. The summed E-state index contributed by atoms with van der Waals surface area (Å²) < 4.78 is 0. The van der Waals surface area contributed by atoms with Crippen LogP contribution in [0.5, 0.6) is 0 Å². The van der Waals surface area contributed by atoms with Crippen LogP contribution in [0.2, 0.25) is 0 Å². The van der Waals surface area contributed by atoms with Gasteiger partial charge in [-0.2, -0.15) is 0 Å². The number of nitrogens with one attached hydrogen (secondary N) is 1. The highest BCUT2D eigenvalue weighted by Crippen LogP contribution is 2.25. The van der Waals surface area contributed by atoms with E-state index in [1.807, 2.05) is 30.3 Å². The molecule has 1 aromatic heterocycles. The van der Waals surface area contributed by atoms with Crippen molar-refractivity contribution in [3.05, 3.63) is 81.4 Å². The predicted octanol–water partition coefficient (Wildman–Crippen LogP) is 4.39. The molecule has 0 aliphatic heterocycles. The van der Waals surface area contributed by atoms with Crippen molar-refractivity contribution in [3.8, 4) is 0 Å². The summed E-state index contributed by atoms with van der Waals surface area (Å²) in [5.41, 5.74) is 0.694. The Bertz CT molecular complexity index is 956. The van der Waals surface area contributed by atoms with Gasteiger partial charge in [0.2, 0.25) is 11.0 Å². The number of nitrogens with zero attached hydrogens (tertiary/aromatic N) is 3. The van der Waals surface area contributed by atoms with Gasteiger partial charge in [-0.15, -0.1) is 22.0 Å². The zero-order valence-electron chi connectivity index (χ0n) is 13.9. The van der Waals surface area contributed by atoms with Crippen LogP contribution in [0.25, 0.3) is 6.08 Å². The Hall–Kier alpha value is -3.04. The number of thioether (sulfide) groups is 1. The van der Waals surface area contributed by atoms with Crippen LogP contribution in [0, 0.1) is 10.1 Å². The molecule has 9 heteroatoms. The fourth-order valence-electron chi connectivity index (χ4n) is 2.05. The minimum Gasteiger partial charge on any atom is -0.297 e. The molecule has 1 heterocycles. The molecular weight excluding hydrogens is 384 g/mol. The lowest BCUT2D eigenvalue weighted by molar-refractivity contribution is -0.384. The van der Waals surface area contributed by atoms with Gasteiger partial charge in [0, 0.05) is 23.1 Å². The molecule has 0 aliphatic carbocycles. The van der Waals surface area contributed by atoms with Crippen LogP contribution >= 0.6 is 23.1 Å². The van der Waals surface area contributed by atoms with Gasteiger partial charge in [-0.05, 0) is 35.9 Å². The summed E-state index contributed by atoms with van der Waals surface area (Å²) in [5.74, 6) is 0.336. The molecule has 0 bridgehead atoms. The minimum atomic E-state index is -0.469. The number of anilines is 1. The molecule has 0 saturated carbocycles. The molecule has 0 saturated heterocycles. The molecule has 136 valence electrons. The minimum absolute atomic E-state index is 0.00589. The average molecular weight is 398 g/mol. The Morgan fingerprint density at radius 2 is 1.89 bits per heavy atom. The van der Waals surface area contributed by atoms with Crippen LogP contribution in [0.4, 0.5) is 10.8 Å². The van der Waals surface area contributed by atoms with Gasteiger partial charge < -0.3 is 0 Å². The van der Waals surface area contributed by atoms with Crippen molar-refractivity contribution in [1.82, 2.24) is 10.2 Å². The molecule has 0 spiro atoms. The van der Waals surface area contributed by atoms with Crippen molar-refractivity contribution in [3.63, 3.8) is 0 Å². The van der Waals surface area contributed by atoms with Crippen molar-refractivity contribution in [2.45, 2.75) is 10.6 Å². The number of hydrogen-bond donors (Lipinski definition) is 1. The van der Waals surface area contributed by atoms with Gasteiger partial charge in [-0.25, -0.2) is 0 Å². The third kappa shape index (κ3) is 5.73. The van der Waals surface area contributed by atoms with Gasteiger partial charge in [0.1, 0.15) is 5.01 Å². The van der Waals surface area contributed by atoms with E-state index in [1.165, 1.54) is 29.5 Å². The first-order valence-electron chi connectivity index (χ1n) is 7.84. The maximum Gasteiger partial charge on any atom is 0.269 e. The molecule has 1 amide bonds. The lowest BCUT2D eigenvalue weighted by Crippen LogP contribution is -2.07. The highest BCUT2D eigenvalue weighted by Gasteiger charge is 2.07. The average Bonchev–Trinajstić information content (AvgIpc) is 3.13. The number of carbonyl (C=O) groups excluding carboxylic acids is 1. The molecule has 0 unspecified atom stereocenters. The monoisotopic (exact) mass is 398 g/mol. The van der Waals surface area contributed by atoms with E-state index >= 15 is 0 Å². The van der Waals surface area contributed by atoms with Gasteiger partial charge in [-0.1, -0.05) is 29.5 Å².